The minimum Gasteiger partial charge on any atom is -0.293 e. The molecule has 0 heterocycles. The molecule has 0 aliphatic rings. The van der Waals surface area contributed by atoms with E-state index in [0.29, 0.717) is 5.56 Å². The highest BCUT2D eigenvalue weighted by Gasteiger charge is 2.02. The molecule has 0 atom stereocenters. The summed E-state index contributed by atoms with van der Waals surface area (Å²) in [6.07, 6.45) is 0. The smallest absolute Gasteiger partial charge is 0.177 e. The van der Waals surface area contributed by atoms with E-state index in [0.717, 1.165) is 4.47 Å². The number of hydrogen-bond donors (Lipinski definition) is 0. The Hall–Kier alpha value is -0.340. The van der Waals surface area contributed by atoms with Gasteiger partial charge in [-0.25, -0.2) is 0 Å². The topological polar surface area (TPSA) is 17.1 Å². The van der Waals surface area contributed by atoms with Gasteiger partial charge in [-0.1, -0.05) is 28.1 Å². The average molecular weight is 233 g/mol. The summed E-state index contributed by atoms with van der Waals surface area (Å²) in [7, 11) is 0. The maximum absolute atomic E-state index is 11.0. The SMILES string of the molecule is O=C(CCl)c1cccc(Br)c1. The van der Waals surface area contributed by atoms with Crippen LogP contribution in [0, 0.1) is 0 Å². The fourth-order valence-corrected chi connectivity index (χ4v) is 1.29. The van der Waals surface area contributed by atoms with E-state index in [-0.39, 0.29) is 11.7 Å². The van der Waals surface area contributed by atoms with Crippen LogP contribution in [0.5, 0.6) is 0 Å². The molecule has 1 nitrogen and oxygen atoms in total. The molecule has 11 heavy (non-hydrogen) atoms. The predicted molar refractivity (Wildman–Crippen MR) is 49.2 cm³/mol. The maximum Gasteiger partial charge on any atom is 0.177 e. The number of carbonyl (C=O) groups excluding carboxylic acids is 1. The van der Waals surface area contributed by atoms with Gasteiger partial charge in [0.05, 0.1) is 5.88 Å². The van der Waals surface area contributed by atoms with E-state index in [4.69, 9.17) is 11.6 Å². The normalized spacial score (nSPS) is 9.64. The summed E-state index contributed by atoms with van der Waals surface area (Å²) < 4.78 is 0.897. The van der Waals surface area contributed by atoms with Gasteiger partial charge >= 0.3 is 0 Å². The lowest BCUT2D eigenvalue weighted by Gasteiger charge is -1.95. The third-order valence-corrected chi connectivity index (χ3v) is 2.00. The minimum absolute atomic E-state index is 0.0381. The second-order valence-electron chi connectivity index (χ2n) is 2.07. The Morgan fingerprint density at radius 3 is 2.82 bits per heavy atom. The van der Waals surface area contributed by atoms with Crippen LogP contribution >= 0.6 is 27.5 Å². The molecule has 0 N–H and O–H groups in total. The van der Waals surface area contributed by atoms with Crippen molar-refractivity contribution in [2.75, 3.05) is 5.88 Å². The Labute approximate surface area is 78.5 Å². The van der Waals surface area contributed by atoms with Gasteiger partial charge in [0, 0.05) is 10.0 Å². The van der Waals surface area contributed by atoms with Gasteiger partial charge in [0.15, 0.2) is 5.78 Å². The first-order chi connectivity index (χ1) is 5.24. The van der Waals surface area contributed by atoms with Crippen molar-refractivity contribution in [2.24, 2.45) is 0 Å². The van der Waals surface area contributed by atoms with Gasteiger partial charge in [0.25, 0.3) is 0 Å². The quantitative estimate of drug-likeness (QED) is 0.567. The first-order valence-electron chi connectivity index (χ1n) is 3.09. The van der Waals surface area contributed by atoms with Gasteiger partial charge < -0.3 is 0 Å². The van der Waals surface area contributed by atoms with E-state index in [9.17, 15) is 4.79 Å². The van der Waals surface area contributed by atoms with Crippen LogP contribution in [0.2, 0.25) is 0 Å². The Bertz CT molecular complexity index is 273. The van der Waals surface area contributed by atoms with Crippen molar-refractivity contribution in [2.45, 2.75) is 0 Å². The summed E-state index contributed by atoms with van der Waals surface area (Å²) in [5, 5.41) is 0. The average Bonchev–Trinajstić information content (AvgIpc) is 2.03. The van der Waals surface area contributed by atoms with E-state index < -0.39 is 0 Å². The molecule has 3 heteroatoms. The van der Waals surface area contributed by atoms with Crippen LogP contribution in [-0.2, 0) is 0 Å². The van der Waals surface area contributed by atoms with Crippen LogP contribution in [0.25, 0.3) is 0 Å². The number of Topliss-reactive ketones (excluding diaryl/α,β-unsaturated/α-hetero) is 1. The third-order valence-electron chi connectivity index (χ3n) is 1.27. The van der Waals surface area contributed by atoms with Gasteiger partial charge in [0.1, 0.15) is 0 Å². The van der Waals surface area contributed by atoms with Crippen molar-refractivity contribution in [1.82, 2.24) is 0 Å². The maximum atomic E-state index is 11.0. The van der Waals surface area contributed by atoms with Crippen LogP contribution in [-0.4, -0.2) is 11.7 Å². The molecule has 0 bridgehead atoms. The molecule has 1 rings (SSSR count). The van der Waals surface area contributed by atoms with Crippen LogP contribution in [0.15, 0.2) is 28.7 Å². The highest BCUT2D eigenvalue weighted by atomic mass is 79.9. The van der Waals surface area contributed by atoms with Crippen molar-refractivity contribution in [3.63, 3.8) is 0 Å². The molecule has 0 aromatic heterocycles. The molecule has 0 unspecified atom stereocenters. The van der Waals surface area contributed by atoms with E-state index in [2.05, 4.69) is 15.9 Å². The first kappa shape index (κ1) is 8.75. The summed E-state index contributed by atoms with van der Waals surface area (Å²) in [5.74, 6) is -0.0100. The zero-order valence-corrected chi connectivity index (χ0v) is 8.02. The van der Waals surface area contributed by atoms with Gasteiger partial charge in [-0.15, -0.1) is 11.6 Å². The zero-order valence-electron chi connectivity index (χ0n) is 5.68. The van der Waals surface area contributed by atoms with Crippen LogP contribution in [0.4, 0.5) is 0 Å². The third kappa shape index (κ3) is 2.31. The van der Waals surface area contributed by atoms with Crippen molar-refractivity contribution < 1.29 is 4.79 Å². The summed E-state index contributed by atoms with van der Waals surface area (Å²) in [6, 6.07) is 7.18. The Morgan fingerprint density at radius 1 is 1.55 bits per heavy atom. The van der Waals surface area contributed by atoms with Crippen molar-refractivity contribution in [3.8, 4) is 0 Å². The second kappa shape index (κ2) is 3.88. The Balaban J connectivity index is 2.96. The van der Waals surface area contributed by atoms with Gasteiger partial charge in [-0.05, 0) is 12.1 Å². The molecule has 1 aromatic carbocycles. The van der Waals surface area contributed by atoms with Crippen LogP contribution in [0.1, 0.15) is 10.4 Å². The van der Waals surface area contributed by atoms with Crippen molar-refractivity contribution in [3.05, 3.63) is 34.3 Å². The lowest BCUT2D eigenvalue weighted by molar-refractivity contribution is 0.102. The van der Waals surface area contributed by atoms with E-state index >= 15 is 0 Å². The summed E-state index contributed by atoms with van der Waals surface area (Å²) >= 11 is 8.64. The highest BCUT2D eigenvalue weighted by molar-refractivity contribution is 9.10. The molecule has 58 valence electrons. The van der Waals surface area contributed by atoms with Crippen molar-refractivity contribution in [1.29, 1.82) is 0 Å². The number of alkyl halides is 1. The number of rotatable bonds is 2. The fraction of sp³-hybridized carbons (Fsp3) is 0.125. The number of hydrogen-bond acceptors (Lipinski definition) is 1. The molecular formula is C8H6BrClO. The van der Waals surface area contributed by atoms with E-state index in [1.165, 1.54) is 0 Å². The largest absolute Gasteiger partial charge is 0.293 e. The van der Waals surface area contributed by atoms with Crippen LogP contribution < -0.4 is 0 Å². The molecule has 0 fully saturated rings. The predicted octanol–water partition coefficient (Wildman–Crippen LogP) is 2.87. The Morgan fingerprint density at radius 2 is 2.27 bits per heavy atom. The van der Waals surface area contributed by atoms with E-state index in [1.54, 1.807) is 12.1 Å². The molecule has 1 aromatic rings. The number of halogens is 2. The molecule has 0 aliphatic heterocycles. The zero-order chi connectivity index (χ0) is 8.27. The molecule has 0 saturated carbocycles. The number of ketones is 1. The lowest BCUT2D eigenvalue weighted by Crippen LogP contribution is -1.99. The second-order valence-corrected chi connectivity index (χ2v) is 3.25. The molecule has 0 spiro atoms. The number of benzene rings is 1. The van der Waals surface area contributed by atoms with Crippen molar-refractivity contribution >= 4 is 33.3 Å². The number of carbonyl (C=O) groups is 1. The molecule has 0 aliphatic carbocycles. The standard InChI is InChI=1S/C8H6BrClO/c9-7-3-1-2-6(4-7)8(11)5-10/h1-4H,5H2. The molecular weight excluding hydrogens is 227 g/mol. The minimum atomic E-state index is -0.0482. The van der Waals surface area contributed by atoms with E-state index in [1.807, 2.05) is 12.1 Å². The lowest BCUT2D eigenvalue weighted by atomic mass is 10.2. The molecule has 0 amide bonds. The highest BCUT2D eigenvalue weighted by Crippen LogP contribution is 2.12. The van der Waals surface area contributed by atoms with Crippen LogP contribution in [0.3, 0.4) is 0 Å². The van der Waals surface area contributed by atoms with Gasteiger partial charge in [-0.2, -0.15) is 0 Å². The van der Waals surface area contributed by atoms with Gasteiger partial charge in [0.2, 0.25) is 0 Å². The summed E-state index contributed by atoms with van der Waals surface area (Å²) in [5.41, 5.74) is 0.648. The van der Waals surface area contributed by atoms with Gasteiger partial charge in [-0.3, -0.25) is 4.79 Å². The Kier molecular flexibility index (Phi) is 3.09. The summed E-state index contributed by atoms with van der Waals surface area (Å²) in [4.78, 5) is 11.0. The fourth-order valence-electron chi connectivity index (χ4n) is 0.739. The molecule has 0 radical (unpaired) electrons. The molecule has 0 saturated heterocycles. The summed E-state index contributed by atoms with van der Waals surface area (Å²) in [6.45, 7) is 0. The monoisotopic (exact) mass is 232 g/mol. The first-order valence-corrected chi connectivity index (χ1v) is 4.41.